The zero-order valence-corrected chi connectivity index (χ0v) is 6.88. The highest BCUT2D eigenvalue weighted by Crippen LogP contribution is 2.25. The third-order valence-electron chi connectivity index (χ3n) is 2.00. The molecule has 1 aromatic carbocycles. The van der Waals surface area contributed by atoms with Crippen molar-refractivity contribution in [3.05, 3.63) is 24.0 Å². The Balaban J connectivity index is 2.32. The molecule has 1 heterocycles. The van der Waals surface area contributed by atoms with Gasteiger partial charge in [0.15, 0.2) is 0 Å². The second kappa shape index (κ2) is 3.05. The number of benzene rings is 1. The predicted octanol–water partition coefficient (Wildman–Crippen LogP) is 1.23. The van der Waals surface area contributed by atoms with E-state index in [1.165, 1.54) is 12.1 Å². The van der Waals surface area contributed by atoms with Crippen LogP contribution in [0.2, 0.25) is 0 Å². The third kappa shape index (κ3) is 1.47. The van der Waals surface area contributed by atoms with Gasteiger partial charge in [-0.15, -0.1) is 0 Å². The highest BCUT2D eigenvalue weighted by Gasteiger charge is 2.15. The molecule has 0 saturated heterocycles. The first-order valence-electron chi connectivity index (χ1n) is 4.05. The summed E-state index contributed by atoms with van der Waals surface area (Å²) in [5, 5.41) is 5.95. The van der Waals surface area contributed by atoms with E-state index in [9.17, 15) is 9.18 Å². The van der Waals surface area contributed by atoms with Crippen LogP contribution in [0.4, 0.5) is 15.8 Å². The number of anilines is 2. The monoisotopic (exact) mass is 180 g/mol. The van der Waals surface area contributed by atoms with E-state index in [4.69, 9.17) is 0 Å². The third-order valence-corrected chi connectivity index (χ3v) is 2.00. The molecule has 3 nitrogen and oxygen atoms in total. The Morgan fingerprint density at radius 3 is 3.08 bits per heavy atom. The molecule has 0 bridgehead atoms. The van der Waals surface area contributed by atoms with Gasteiger partial charge in [0.25, 0.3) is 0 Å². The SMILES string of the molecule is O=CC1CNc2ccc(F)cc2N1. The van der Waals surface area contributed by atoms with E-state index in [1.54, 1.807) is 6.07 Å². The maximum atomic E-state index is 12.8. The molecule has 1 aromatic rings. The summed E-state index contributed by atoms with van der Waals surface area (Å²) in [6.45, 7) is 0.544. The molecule has 13 heavy (non-hydrogen) atoms. The zero-order chi connectivity index (χ0) is 9.26. The minimum absolute atomic E-state index is 0.269. The van der Waals surface area contributed by atoms with Crippen LogP contribution in [0, 0.1) is 5.82 Å². The van der Waals surface area contributed by atoms with Crippen molar-refractivity contribution in [2.45, 2.75) is 6.04 Å². The normalized spacial score (nSPS) is 19.6. The summed E-state index contributed by atoms with van der Waals surface area (Å²) >= 11 is 0. The lowest BCUT2D eigenvalue weighted by Gasteiger charge is -2.24. The molecule has 0 aliphatic carbocycles. The van der Waals surface area contributed by atoms with Crippen molar-refractivity contribution < 1.29 is 9.18 Å². The Labute approximate surface area is 74.9 Å². The average molecular weight is 180 g/mol. The molecular weight excluding hydrogens is 171 g/mol. The molecule has 0 amide bonds. The smallest absolute Gasteiger partial charge is 0.144 e. The van der Waals surface area contributed by atoms with E-state index in [2.05, 4.69) is 10.6 Å². The van der Waals surface area contributed by atoms with E-state index in [1.807, 2.05) is 0 Å². The highest BCUT2D eigenvalue weighted by molar-refractivity contribution is 5.77. The molecule has 1 aliphatic heterocycles. The molecule has 2 N–H and O–H groups in total. The first kappa shape index (κ1) is 8.04. The minimum Gasteiger partial charge on any atom is -0.381 e. The predicted molar refractivity (Wildman–Crippen MR) is 48.4 cm³/mol. The van der Waals surface area contributed by atoms with E-state index in [0.717, 1.165) is 12.0 Å². The summed E-state index contributed by atoms with van der Waals surface area (Å²) in [5.41, 5.74) is 1.47. The van der Waals surface area contributed by atoms with Crippen LogP contribution >= 0.6 is 0 Å². The minimum atomic E-state index is -0.306. The number of carbonyl (C=O) groups excluding carboxylic acids is 1. The zero-order valence-electron chi connectivity index (χ0n) is 6.88. The number of rotatable bonds is 1. The van der Waals surface area contributed by atoms with Crippen molar-refractivity contribution >= 4 is 17.7 Å². The van der Waals surface area contributed by atoms with Gasteiger partial charge >= 0.3 is 0 Å². The van der Waals surface area contributed by atoms with Crippen LogP contribution in [-0.4, -0.2) is 18.9 Å². The van der Waals surface area contributed by atoms with E-state index < -0.39 is 0 Å². The number of halogens is 1. The fourth-order valence-corrected chi connectivity index (χ4v) is 1.34. The topological polar surface area (TPSA) is 41.1 Å². The molecular formula is C9H9FN2O. The van der Waals surface area contributed by atoms with Gasteiger partial charge in [-0.3, -0.25) is 0 Å². The van der Waals surface area contributed by atoms with Crippen LogP contribution in [0.5, 0.6) is 0 Å². The Hall–Kier alpha value is -1.58. The molecule has 4 heteroatoms. The number of carbonyl (C=O) groups is 1. The molecule has 0 aromatic heterocycles. The maximum Gasteiger partial charge on any atom is 0.144 e. The molecule has 2 rings (SSSR count). The molecule has 1 atom stereocenters. The number of hydrogen-bond donors (Lipinski definition) is 2. The van der Waals surface area contributed by atoms with E-state index >= 15 is 0 Å². The largest absolute Gasteiger partial charge is 0.381 e. The average Bonchev–Trinajstić information content (AvgIpc) is 2.16. The molecule has 0 spiro atoms. The summed E-state index contributed by atoms with van der Waals surface area (Å²) in [4.78, 5) is 10.5. The van der Waals surface area contributed by atoms with Crippen LogP contribution in [0.25, 0.3) is 0 Å². The van der Waals surface area contributed by atoms with Crippen LogP contribution in [-0.2, 0) is 4.79 Å². The Morgan fingerprint density at radius 1 is 1.46 bits per heavy atom. The van der Waals surface area contributed by atoms with Gasteiger partial charge < -0.3 is 15.4 Å². The van der Waals surface area contributed by atoms with Crippen LogP contribution in [0.15, 0.2) is 18.2 Å². The number of fused-ring (bicyclic) bond motifs is 1. The van der Waals surface area contributed by atoms with Crippen molar-refractivity contribution in [2.75, 3.05) is 17.2 Å². The molecule has 1 unspecified atom stereocenters. The van der Waals surface area contributed by atoms with Crippen molar-refractivity contribution in [3.8, 4) is 0 Å². The van der Waals surface area contributed by atoms with Crippen LogP contribution in [0.1, 0.15) is 0 Å². The summed E-state index contributed by atoms with van der Waals surface area (Å²) in [7, 11) is 0. The van der Waals surface area contributed by atoms with Gasteiger partial charge in [-0.2, -0.15) is 0 Å². The van der Waals surface area contributed by atoms with E-state index in [-0.39, 0.29) is 11.9 Å². The Morgan fingerprint density at radius 2 is 2.31 bits per heavy atom. The van der Waals surface area contributed by atoms with Gasteiger partial charge in [0.2, 0.25) is 0 Å². The van der Waals surface area contributed by atoms with Gasteiger partial charge in [0.05, 0.1) is 17.4 Å². The summed E-state index contributed by atoms with van der Waals surface area (Å²) in [6, 6.07) is 4.14. The lowest BCUT2D eigenvalue weighted by molar-refractivity contribution is -0.108. The fourth-order valence-electron chi connectivity index (χ4n) is 1.34. The van der Waals surface area contributed by atoms with Gasteiger partial charge in [0, 0.05) is 6.54 Å². The second-order valence-electron chi connectivity index (χ2n) is 2.96. The lowest BCUT2D eigenvalue weighted by atomic mass is 10.1. The standard InChI is InChI=1S/C9H9FN2O/c10-6-1-2-8-9(3-6)12-7(5-13)4-11-8/h1-3,5,7,11-12H,4H2. The molecule has 0 fully saturated rings. The Kier molecular flexibility index (Phi) is 1.88. The summed E-state index contributed by atoms with van der Waals surface area (Å²) in [5.74, 6) is -0.306. The van der Waals surface area contributed by atoms with Gasteiger partial charge in [-0.05, 0) is 18.2 Å². The first-order valence-corrected chi connectivity index (χ1v) is 4.05. The van der Waals surface area contributed by atoms with Crippen LogP contribution < -0.4 is 10.6 Å². The van der Waals surface area contributed by atoms with Gasteiger partial charge in [0.1, 0.15) is 12.1 Å². The van der Waals surface area contributed by atoms with Crippen molar-refractivity contribution in [3.63, 3.8) is 0 Å². The van der Waals surface area contributed by atoms with Crippen LogP contribution in [0.3, 0.4) is 0 Å². The van der Waals surface area contributed by atoms with Crippen molar-refractivity contribution in [1.29, 1.82) is 0 Å². The quantitative estimate of drug-likeness (QED) is 0.639. The molecule has 1 aliphatic rings. The van der Waals surface area contributed by atoms with Gasteiger partial charge in [-0.25, -0.2) is 4.39 Å². The number of aldehydes is 1. The highest BCUT2D eigenvalue weighted by atomic mass is 19.1. The van der Waals surface area contributed by atoms with E-state index in [0.29, 0.717) is 12.2 Å². The summed E-state index contributed by atoms with van der Waals surface area (Å²) < 4.78 is 12.8. The van der Waals surface area contributed by atoms with Crippen molar-refractivity contribution in [1.82, 2.24) is 0 Å². The Bertz CT molecular complexity index is 340. The fraction of sp³-hybridized carbons (Fsp3) is 0.222. The van der Waals surface area contributed by atoms with Crippen molar-refractivity contribution in [2.24, 2.45) is 0 Å². The first-order chi connectivity index (χ1) is 6.29. The summed E-state index contributed by atoms with van der Waals surface area (Å²) in [6.07, 6.45) is 0.806. The maximum absolute atomic E-state index is 12.8. The second-order valence-corrected chi connectivity index (χ2v) is 2.96. The molecule has 68 valence electrons. The molecule has 0 saturated carbocycles. The van der Waals surface area contributed by atoms with Gasteiger partial charge in [-0.1, -0.05) is 0 Å². The molecule has 0 radical (unpaired) electrons. The lowest BCUT2D eigenvalue weighted by Crippen LogP contribution is -2.34. The number of hydrogen-bond acceptors (Lipinski definition) is 3. The number of nitrogens with one attached hydrogen (secondary N) is 2.